The second-order valence-corrected chi connectivity index (χ2v) is 4.29. The lowest BCUT2D eigenvalue weighted by molar-refractivity contribution is 0.311. The summed E-state index contributed by atoms with van der Waals surface area (Å²) in [5.74, 6) is 2.73. The van der Waals surface area contributed by atoms with E-state index in [2.05, 4.69) is 18.2 Å². The van der Waals surface area contributed by atoms with E-state index in [-0.39, 0.29) is 0 Å². The van der Waals surface area contributed by atoms with Gasteiger partial charge in [-0.05, 0) is 32.1 Å². The van der Waals surface area contributed by atoms with Gasteiger partial charge in [0.15, 0.2) is 0 Å². The number of hydrogen-bond acceptors (Lipinski definition) is 2. The van der Waals surface area contributed by atoms with Crippen molar-refractivity contribution in [2.24, 2.45) is 5.73 Å². The molecule has 1 aliphatic rings. The van der Waals surface area contributed by atoms with E-state index in [1.165, 1.54) is 12.8 Å². The van der Waals surface area contributed by atoms with E-state index in [0.717, 1.165) is 25.7 Å². The zero-order valence-corrected chi connectivity index (χ0v) is 9.13. The summed E-state index contributed by atoms with van der Waals surface area (Å²) in [5, 5.41) is 3.63. The summed E-state index contributed by atoms with van der Waals surface area (Å²) < 4.78 is 0. The molecule has 0 saturated heterocycles. The molecule has 3 N–H and O–H groups in total. The molecule has 1 atom stereocenters. The van der Waals surface area contributed by atoms with E-state index in [9.17, 15) is 0 Å². The molecule has 0 aromatic heterocycles. The van der Waals surface area contributed by atoms with Gasteiger partial charge >= 0.3 is 0 Å². The minimum atomic E-state index is 0.431. The van der Waals surface area contributed by atoms with Crippen molar-refractivity contribution in [3.8, 4) is 12.3 Å². The standard InChI is InChI=1S/C12H22N2/c1-3-5-11(4-2)14-12-8-6-10(13)7-9-12/h1,10-12,14H,4-9,13H2,2H3. The van der Waals surface area contributed by atoms with Crippen LogP contribution in [0.15, 0.2) is 0 Å². The third kappa shape index (κ3) is 3.69. The molecule has 0 spiro atoms. The Morgan fingerprint density at radius 3 is 2.57 bits per heavy atom. The van der Waals surface area contributed by atoms with Crippen molar-refractivity contribution in [2.75, 3.05) is 0 Å². The molecule has 0 aliphatic heterocycles. The molecular weight excluding hydrogens is 172 g/mol. The van der Waals surface area contributed by atoms with Crippen molar-refractivity contribution in [2.45, 2.75) is 63.6 Å². The molecule has 1 saturated carbocycles. The summed E-state index contributed by atoms with van der Waals surface area (Å²) in [4.78, 5) is 0. The van der Waals surface area contributed by atoms with Gasteiger partial charge in [0.25, 0.3) is 0 Å². The molecule has 2 nitrogen and oxygen atoms in total. The van der Waals surface area contributed by atoms with Crippen molar-refractivity contribution in [3.63, 3.8) is 0 Å². The first-order valence-corrected chi connectivity index (χ1v) is 5.71. The van der Waals surface area contributed by atoms with E-state index in [0.29, 0.717) is 18.1 Å². The molecule has 14 heavy (non-hydrogen) atoms. The van der Waals surface area contributed by atoms with Gasteiger partial charge in [-0.3, -0.25) is 0 Å². The average Bonchev–Trinajstić information content (AvgIpc) is 2.20. The van der Waals surface area contributed by atoms with Crippen molar-refractivity contribution >= 4 is 0 Å². The molecular formula is C12H22N2. The smallest absolute Gasteiger partial charge is 0.0240 e. The number of terminal acetylenes is 1. The normalized spacial score (nSPS) is 29.5. The van der Waals surface area contributed by atoms with Crippen LogP contribution in [0.2, 0.25) is 0 Å². The number of nitrogens with one attached hydrogen (secondary N) is 1. The van der Waals surface area contributed by atoms with Crippen molar-refractivity contribution in [3.05, 3.63) is 0 Å². The number of hydrogen-bond donors (Lipinski definition) is 2. The number of rotatable bonds is 4. The molecule has 2 heteroatoms. The van der Waals surface area contributed by atoms with Gasteiger partial charge in [0.1, 0.15) is 0 Å². The molecule has 0 aromatic carbocycles. The van der Waals surface area contributed by atoms with E-state index in [1.807, 2.05) is 0 Å². The molecule has 1 fully saturated rings. The predicted molar refractivity (Wildman–Crippen MR) is 60.9 cm³/mol. The van der Waals surface area contributed by atoms with Crippen molar-refractivity contribution in [1.82, 2.24) is 5.32 Å². The second-order valence-electron chi connectivity index (χ2n) is 4.29. The molecule has 0 radical (unpaired) electrons. The van der Waals surface area contributed by atoms with Crippen LogP contribution in [0.4, 0.5) is 0 Å². The Morgan fingerprint density at radius 2 is 2.07 bits per heavy atom. The molecule has 0 amide bonds. The Hall–Kier alpha value is -0.520. The summed E-state index contributed by atoms with van der Waals surface area (Å²) in [7, 11) is 0. The van der Waals surface area contributed by atoms with Crippen LogP contribution in [-0.4, -0.2) is 18.1 Å². The highest BCUT2D eigenvalue weighted by atomic mass is 14.9. The maximum atomic E-state index is 5.86. The SMILES string of the molecule is C#CCC(CC)NC1CCC(N)CC1. The molecule has 80 valence electrons. The van der Waals surface area contributed by atoms with Crippen molar-refractivity contribution < 1.29 is 0 Å². The Bertz CT molecular complexity index is 187. The van der Waals surface area contributed by atoms with Crippen molar-refractivity contribution in [1.29, 1.82) is 0 Å². The fourth-order valence-electron chi connectivity index (χ4n) is 2.08. The highest BCUT2D eigenvalue weighted by Crippen LogP contribution is 2.18. The van der Waals surface area contributed by atoms with E-state index in [4.69, 9.17) is 12.2 Å². The van der Waals surface area contributed by atoms with Gasteiger partial charge in [0.2, 0.25) is 0 Å². The summed E-state index contributed by atoms with van der Waals surface area (Å²) in [6.45, 7) is 2.18. The van der Waals surface area contributed by atoms with E-state index < -0.39 is 0 Å². The molecule has 1 aliphatic carbocycles. The lowest BCUT2D eigenvalue weighted by Gasteiger charge is -2.30. The third-order valence-corrected chi connectivity index (χ3v) is 3.10. The highest BCUT2D eigenvalue weighted by molar-refractivity contribution is 4.91. The van der Waals surface area contributed by atoms with Crippen LogP contribution in [0.1, 0.15) is 45.4 Å². The fraction of sp³-hybridized carbons (Fsp3) is 0.833. The summed E-state index contributed by atoms with van der Waals surface area (Å²) >= 11 is 0. The molecule has 0 heterocycles. The van der Waals surface area contributed by atoms with Gasteiger partial charge < -0.3 is 11.1 Å². The van der Waals surface area contributed by atoms with Crippen LogP contribution in [0.25, 0.3) is 0 Å². The average molecular weight is 194 g/mol. The highest BCUT2D eigenvalue weighted by Gasteiger charge is 2.19. The minimum absolute atomic E-state index is 0.431. The first-order chi connectivity index (χ1) is 6.76. The fourth-order valence-corrected chi connectivity index (χ4v) is 2.08. The van der Waals surface area contributed by atoms with Gasteiger partial charge in [-0.2, -0.15) is 0 Å². The van der Waals surface area contributed by atoms with Gasteiger partial charge in [0.05, 0.1) is 0 Å². The van der Waals surface area contributed by atoms with Crippen LogP contribution >= 0.6 is 0 Å². The zero-order valence-electron chi connectivity index (χ0n) is 9.13. The van der Waals surface area contributed by atoms with E-state index >= 15 is 0 Å². The van der Waals surface area contributed by atoms with Crippen LogP contribution in [-0.2, 0) is 0 Å². The Morgan fingerprint density at radius 1 is 1.43 bits per heavy atom. The largest absolute Gasteiger partial charge is 0.328 e. The predicted octanol–water partition coefficient (Wildman–Crippen LogP) is 1.65. The van der Waals surface area contributed by atoms with Crippen LogP contribution in [0.3, 0.4) is 0 Å². The third-order valence-electron chi connectivity index (χ3n) is 3.10. The Labute approximate surface area is 87.6 Å². The monoisotopic (exact) mass is 194 g/mol. The van der Waals surface area contributed by atoms with Gasteiger partial charge in [-0.25, -0.2) is 0 Å². The maximum absolute atomic E-state index is 5.86. The lowest BCUT2D eigenvalue weighted by atomic mass is 9.91. The topological polar surface area (TPSA) is 38.0 Å². The quantitative estimate of drug-likeness (QED) is 0.668. The maximum Gasteiger partial charge on any atom is 0.0240 e. The van der Waals surface area contributed by atoms with Crippen LogP contribution in [0.5, 0.6) is 0 Å². The summed E-state index contributed by atoms with van der Waals surface area (Å²) in [6, 6.07) is 1.58. The number of nitrogens with two attached hydrogens (primary N) is 1. The molecule has 1 rings (SSSR count). The van der Waals surface area contributed by atoms with Crippen LogP contribution in [0, 0.1) is 12.3 Å². The minimum Gasteiger partial charge on any atom is -0.328 e. The van der Waals surface area contributed by atoms with Gasteiger partial charge in [0, 0.05) is 24.5 Å². The Balaban J connectivity index is 2.25. The van der Waals surface area contributed by atoms with E-state index in [1.54, 1.807) is 0 Å². The first-order valence-electron chi connectivity index (χ1n) is 5.71. The second kappa shape index (κ2) is 6.06. The summed E-state index contributed by atoms with van der Waals surface area (Å²) in [5.41, 5.74) is 5.86. The van der Waals surface area contributed by atoms with Gasteiger partial charge in [-0.15, -0.1) is 12.3 Å². The lowest BCUT2D eigenvalue weighted by Crippen LogP contribution is -2.42. The Kier molecular flexibility index (Phi) is 5.00. The molecule has 1 unspecified atom stereocenters. The first kappa shape index (κ1) is 11.6. The van der Waals surface area contributed by atoms with Crippen LogP contribution < -0.4 is 11.1 Å². The molecule has 0 bridgehead atoms. The summed E-state index contributed by atoms with van der Waals surface area (Å²) in [6.07, 6.45) is 12.0. The molecule has 0 aromatic rings. The van der Waals surface area contributed by atoms with Gasteiger partial charge in [-0.1, -0.05) is 6.92 Å². The zero-order chi connectivity index (χ0) is 10.4.